The first-order valence-corrected chi connectivity index (χ1v) is 27.0. The van der Waals surface area contributed by atoms with Crippen molar-refractivity contribution in [1.29, 1.82) is 0 Å². The van der Waals surface area contributed by atoms with Crippen molar-refractivity contribution in [3.63, 3.8) is 0 Å². The van der Waals surface area contributed by atoms with Crippen molar-refractivity contribution in [2.24, 2.45) is 0 Å². The van der Waals surface area contributed by atoms with Gasteiger partial charge in [-0.3, -0.25) is 0 Å². The molecule has 3 saturated carbocycles. The molecule has 0 amide bonds. The molecule has 0 spiro atoms. The first-order chi connectivity index (χ1) is 25.7. The summed E-state index contributed by atoms with van der Waals surface area (Å²) in [5.74, 6) is 4.55. The van der Waals surface area contributed by atoms with Gasteiger partial charge < -0.3 is 9.80 Å². The number of allylic oxidation sites excluding steroid dienone is 1. The second kappa shape index (κ2) is 18.9. The van der Waals surface area contributed by atoms with Crippen LogP contribution >= 0.6 is 26.3 Å². The van der Waals surface area contributed by atoms with Gasteiger partial charge in [0, 0.05) is 18.1 Å². The minimum absolute atomic E-state index is 0.346. The zero-order valence-corrected chi connectivity index (χ0v) is 37.4. The maximum absolute atomic E-state index is 4.85. The van der Waals surface area contributed by atoms with E-state index in [1.165, 1.54) is 146 Å². The molecule has 1 heterocycles. The standard InChI is InChI=1S/C47H63N2P.2ClH.Ru/c1-34-30-36(3)45(37(4)31-34)48-27-28-49(46-38(5)32-35(2)33-39(46)6)47(48)43-24-16-17-25-44(43)50(41-20-12-8-13-21-41,42-22-14-9-15-23-42)29-26-40-18-10-7-11-19-40;;;/h7,10-11,18-19,27-33,41-42,44H,8-9,12-17,20-26H2,1-6H3;2*1H;/q;;;+2/p-2. The van der Waals surface area contributed by atoms with Crippen LogP contribution in [0.4, 0.5) is 11.4 Å². The molecule has 6 heteroatoms. The van der Waals surface area contributed by atoms with E-state index >= 15 is 0 Å². The molecule has 3 fully saturated rings. The van der Waals surface area contributed by atoms with Crippen LogP contribution in [0.2, 0.25) is 0 Å². The Bertz CT molecular complexity index is 1680. The summed E-state index contributed by atoms with van der Waals surface area (Å²) in [6.07, 6.45) is 25.7. The van der Waals surface area contributed by atoms with E-state index in [0.717, 1.165) is 17.7 Å². The molecule has 0 N–H and O–H groups in total. The summed E-state index contributed by atoms with van der Waals surface area (Å²) in [5.41, 5.74) is 16.7. The molecular formula is C47H63Cl2N2PRu. The molecule has 0 saturated heterocycles. The molecule has 1 atom stereocenters. The van der Waals surface area contributed by atoms with Crippen molar-refractivity contribution < 1.29 is 15.1 Å². The van der Waals surface area contributed by atoms with E-state index in [9.17, 15) is 0 Å². The Hall–Kier alpha value is -1.76. The summed E-state index contributed by atoms with van der Waals surface area (Å²) in [7, 11) is 9.71. The van der Waals surface area contributed by atoms with E-state index in [0.29, 0.717) is 5.66 Å². The molecule has 1 unspecified atom stereocenters. The predicted molar refractivity (Wildman–Crippen MR) is 233 cm³/mol. The number of hydrogen-bond acceptors (Lipinski definition) is 2. The molecule has 0 aromatic heterocycles. The van der Waals surface area contributed by atoms with Crippen molar-refractivity contribution in [3.8, 4) is 0 Å². The van der Waals surface area contributed by atoms with Gasteiger partial charge in [-0.2, -0.15) is 0 Å². The monoisotopic (exact) mass is 858 g/mol. The molecule has 3 aromatic rings. The Morgan fingerprint density at radius 3 is 1.51 bits per heavy atom. The van der Waals surface area contributed by atoms with Crippen LogP contribution in [0.3, 0.4) is 0 Å². The average molecular weight is 859 g/mol. The van der Waals surface area contributed by atoms with Crippen molar-refractivity contribution in [1.82, 2.24) is 0 Å². The van der Waals surface area contributed by atoms with Crippen molar-refractivity contribution in [2.45, 2.75) is 155 Å². The van der Waals surface area contributed by atoms with Gasteiger partial charge in [0.25, 0.3) is 0 Å². The molecular weight excluding hydrogens is 795 g/mol. The van der Waals surface area contributed by atoms with Crippen LogP contribution in [-0.2, 0) is 21.6 Å². The van der Waals surface area contributed by atoms with Gasteiger partial charge >= 0.3 is 34.5 Å². The molecule has 53 heavy (non-hydrogen) atoms. The fourth-order valence-electron chi connectivity index (χ4n) is 11.1. The third-order valence-corrected chi connectivity index (χ3v) is 18.9. The van der Waals surface area contributed by atoms with Crippen LogP contribution in [0.1, 0.15) is 129 Å². The average Bonchev–Trinajstić information content (AvgIpc) is 3.56. The number of hydrogen-bond donors (Lipinski definition) is 0. The number of anilines is 2. The van der Waals surface area contributed by atoms with Crippen molar-refractivity contribution in [3.05, 3.63) is 117 Å². The van der Waals surface area contributed by atoms with Gasteiger partial charge in [-0.25, -0.2) is 0 Å². The summed E-state index contributed by atoms with van der Waals surface area (Å²) < 4.78 is 0. The van der Waals surface area contributed by atoms with Crippen LogP contribution < -0.4 is 9.80 Å². The summed E-state index contributed by atoms with van der Waals surface area (Å²) in [6, 6.07) is 21.1. The summed E-state index contributed by atoms with van der Waals surface area (Å²) in [5, 5.41) is 0. The fraction of sp³-hybridized carbons (Fsp3) is 0.511. The number of benzene rings is 3. The van der Waals surface area contributed by atoms with E-state index in [2.05, 4.69) is 124 Å². The van der Waals surface area contributed by atoms with Gasteiger partial charge in [-0.1, -0.05) is 123 Å². The molecule has 4 aliphatic rings. The van der Waals surface area contributed by atoms with Gasteiger partial charge in [0.2, 0.25) is 0 Å². The van der Waals surface area contributed by atoms with Crippen LogP contribution in [-0.4, -0.2) is 22.8 Å². The molecule has 7 rings (SSSR count). The van der Waals surface area contributed by atoms with Crippen LogP contribution in [0.15, 0.2) is 78.4 Å². The first kappa shape index (κ1) is 40.9. The number of aryl methyl sites for hydroxylation is 6. The topological polar surface area (TPSA) is 6.48 Å². The molecule has 1 aliphatic heterocycles. The molecule has 3 aliphatic carbocycles. The Morgan fingerprint density at radius 2 is 1.06 bits per heavy atom. The zero-order chi connectivity index (χ0) is 37.5. The van der Waals surface area contributed by atoms with E-state index < -0.39 is 6.89 Å². The Morgan fingerprint density at radius 1 is 0.623 bits per heavy atom. The first-order valence-electron chi connectivity index (χ1n) is 20.5. The quantitative estimate of drug-likeness (QED) is 0.173. The molecule has 2 nitrogen and oxygen atoms in total. The summed E-state index contributed by atoms with van der Waals surface area (Å²) >= 11 is -0.346. The van der Waals surface area contributed by atoms with Gasteiger partial charge in [0.05, 0.1) is 11.4 Å². The summed E-state index contributed by atoms with van der Waals surface area (Å²) in [4.78, 5) is 5.31. The van der Waals surface area contributed by atoms with Gasteiger partial charge in [0.15, 0.2) is 0 Å². The van der Waals surface area contributed by atoms with E-state index in [1.807, 2.05) is 0 Å². The normalized spacial score (nSPS) is 20.2. The SMILES string of the molecule is Cc1cc(C)c(N2C=CN(c3c(C)cc(C)cc3C)C2=C2CCCCC2P(=CCc2ccccc2)(C2CCCCC2)C2CCCCC2)c(C)c1.[Cl][Ru][Cl]. The van der Waals surface area contributed by atoms with Gasteiger partial charge in [-0.15, -0.1) is 0 Å². The summed E-state index contributed by atoms with van der Waals surface area (Å²) in [6.45, 7) is 12.3. The maximum atomic E-state index is 4.85. The Kier molecular flexibility index (Phi) is 14.6. The molecule has 0 radical (unpaired) electrons. The van der Waals surface area contributed by atoms with Crippen LogP contribution in [0.25, 0.3) is 0 Å². The third kappa shape index (κ3) is 8.96. The Balaban J connectivity index is 0.00000155. The third-order valence-electron chi connectivity index (χ3n) is 12.9. The van der Waals surface area contributed by atoms with Crippen molar-refractivity contribution in [2.75, 3.05) is 9.80 Å². The molecule has 3 aromatic carbocycles. The van der Waals surface area contributed by atoms with E-state index in [1.54, 1.807) is 5.57 Å². The predicted octanol–water partition coefficient (Wildman–Crippen LogP) is 14.6. The Labute approximate surface area is 338 Å². The second-order valence-corrected chi connectivity index (χ2v) is 23.4. The molecule has 288 valence electrons. The zero-order valence-electron chi connectivity index (χ0n) is 33.2. The number of nitrogens with zero attached hydrogens (tertiary/aromatic N) is 2. The minimum atomic E-state index is -1.56. The van der Waals surface area contributed by atoms with E-state index in [-0.39, 0.29) is 15.1 Å². The second-order valence-electron chi connectivity index (χ2n) is 16.5. The van der Waals surface area contributed by atoms with Crippen molar-refractivity contribution >= 4 is 43.4 Å². The number of halogens is 2. The fourth-order valence-corrected chi connectivity index (χ4v) is 18.0. The van der Waals surface area contributed by atoms with Crippen LogP contribution in [0, 0.1) is 41.5 Å². The van der Waals surface area contributed by atoms with Gasteiger partial charge in [0.1, 0.15) is 5.82 Å². The molecule has 0 bridgehead atoms. The van der Waals surface area contributed by atoms with Gasteiger partial charge in [-0.05, 0) is 138 Å². The number of rotatable bonds is 7. The van der Waals surface area contributed by atoms with E-state index in [4.69, 9.17) is 19.4 Å². The van der Waals surface area contributed by atoms with Crippen LogP contribution in [0.5, 0.6) is 0 Å².